The molecular formula is C12H27NO3. The Morgan fingerprint density at radius 2 is 1.69 bits per heavy atom. The van der Waals surface area contributed by atoms with Crippen LogP contribution in [0, 0.1) is 0 Å². The first-order valence-corrected chi connectivity index (χ1v) is 6.36. The zero-order valence-corrected chi connectivity index (χ0v) is 11.0. The maximum Gasteiger partial charge on any atom is 0.169 e. The van der Waals surface area contributed by atoms with Gasteiger partial charge in [0.2, 0.25) is 0 Å². The number of hydrogen-bond donors (Lipinski definition) is 1. The van der Waals surface area contributed by atoms with Gasteiger partial charge in [0.25, 0.3) is 0 Å². The molecule has 0 unspecified atom stereocenters. The van der Waals surface area contributed by atoms with Crippen molar-refractivity contribution >= 4 is 0 Å². The normalized spacial score (nSPS) is 11.2. The Labute approximate surface area is 99.6 Å². The van der Waals surface area contributed by atoms with Gasteiger partial charge >= 0.3 is 0 Å². The molecule has 0 radical (unpaired) electrons. The van der Waals surface area contributed by atoms with E-state index in [0.717, 1.165) is 39.1 Å². The van der Waals surface area contributed by atoms with Crippen LogP contribution in [0.4, 0.5) is 0 Å². The van der Waals surface area contributed by atoms with Gasteiger partial charge in [0.1, 0.15) is 0 Å². The number of rotatable bonds is 12. The van der Waals surface area contributed by atoms with Gasteiger partial charge in [-0.2, -0.15) is 0 Å². The molecule has 4 nitrogen and oxygen atoms in total. The summed E-state index contributed by atoms with van der Waals surface area (Å²) in [5, 5.41) is 3.30. The first kappa shape index (κ1) is 15.8. The minimum Gasteiger partial charge on any atom is -0.381 e. The molecule has 98 valence electrons. The van der Waals surface area contributed by atoms with Crippen molar-refractivity contribution in [3.8, 4) is 0 Å². The molecule has 0 aromatic heterocycles. The predicted octanol–water partition coefficient (Wildman–Crippen LogP) is 1.79. The van der Waals surface area contributed by atoms with E-state index in [1.54, 1.807) is 0 Å². The summed E-state index contributed by atoms with van der Waals surface area (Å²) >= 11 is 0. The minimum absolute atomic E-state index is 0.119. The first-order chi connectivity index (χ1) is 7.85. The number of ether oxygens (including phenoxy) is 3. The van der Waals surface area contributed by atoms with Crippen molar-refractivity contribution in [1.29, 1.82) is 0 Å². The third-order valence-electron chi connectivity index (χ3n) is 2.01. The highest BCUT2D eigenvalue weighted by atomic mass is 16.7. The van der Waals surface area contributed by atoms with E-state index in [2.05, 4.69) is 12.2 Å². The van der Waals surface area contributed by atoms with Crippen molar-refractivity contribution in [1.82, 2.24) is 5.32 Å². The van der Waals surface area contributed by atoms with Gasteiger partial charge in [-0.05, 0) is 33.2 Å². The Bertz CT molecular complexity index is 127. The molecule has 0 heterocycles. The summed E-state index contributed by atoms with van der Waals surface area (Å²) in [4.78, 5) is 0. The van der Waals surface area contributed by atoms with Gasteiger partial charge in [0.15, 0.2) is 6.29 Å². The lowest BCUT2D eigenvalue weighted by atomic mass is 10.4. The van der Waals surface area contributed by atoms with Crippen LogP contribution < -0.4 is 5.32 Å². The summed E-state index contributed by atoms with van der Waals surface area (Å²) in [6, 6.07) is 0. The van der Waals surface area contributed by atoms with Gasteiger partial charge in [-0.3, -0.25) is 0 Å². The third kappa shape index (κ3) is 10.4. The van der Waals surface area contributed by atoms with E-state index in [9.17, 15) is 0 Å². The van der Waals surface area contributed by atoms with E-state index in [1.807, 2.05) is 13.8 Å². The van der Waals surface area contributed by atoms with Crippen LogP contribution in [0.2, 0.25) is 0 Å². The average Bonchev–Trinajstić information content (AvgIpc) is 2.28. The monoisotopic (exact) mass is 233 g/mol. The summed E-state index contributed by atoms with van der Waals surface area (Å²) < 4.78 is 16.2. The molecule has 0 saturated carbocycles. The lowest BCUT2D eigenvalue weighted by Gasteiger charge is -2.17. The summed E-state index contributed by atoms with van der Waals surface area (Å²) in [5.74, 6) is 0. The third-order valence-corrected chi connectivity index (χ3v) is 2.01. The molecule has 1 N–H and O–H groups in total. The molecule has 0 aromatic rings. The summed E-state index contributed by atoms with van der Waals surface area (Å²) in [6.45, 7) is 10.8. The zero-order valence-electron chi connectivity index (χ0n) is 11.0. The lowest BCUT2D eigenvalue weighted by molar-refractivity contribution is -0.132. The SMILES string of the molecule is CCCOCCCNCC(OCC)OCC. The summed E-state index contributed by atoms with van der Waals surface area (Å²) in [6.07, 6.45) is 2.00. The van der Waals surface area contributed by atoms with Crippen molar-refractivity contribution in [3.63, 3.8) is 0 Å². The Balaban J connectivity index is 3.25. The van der Waals surface area contributed by atoms with Crippen LogP contribution >= 0.6 is 0 Å². The minimum atomic E-state index is -0.119. The topological polar surface area (TPSA) is 39.7 Å². The standard InChI is InChI=1S/C12H27NO3/c1-4-9-14-10-7-8-13-11-12(15-5-2)16-6-3/h12-13H,4-11H2,1-3H3. The Kier molecular flexibility index (Phi) is 12.8. The maximum atomic E-state index is 5.41. The van der Waals surface area contributed by atoms with E-state index in [-0.39, 0.29) is 6.29 Å². The molecule has 0 amide bonds. The molecule has 0 spiro atoms. The fourth-order valence-corrected chi connectivity index (χ4v) is 1.30. The van der Waals surface area contributed by atoms with Gasteiger partial charge in [-0.15, -0.1) is 0 Å². The Hall–Kier alpha value is -0.160. The van der Waals surface area contributed by atoms with Gasteiger partial charge < -0.3 is 19.5 Å². The van der Waals surface area contributed by atoms with E-state index in [4.69, 9.17) is 14.2 Å². The first-order valence-electron chi connectivity index (χ1n) is 6.36. The fourth-order valence-electron chi connectivity index (χ4n) is 1.30. The molecule has 4 heteroatoms. The highest BCUT2D eigenvalue weighted by molar-refractivity contribution is 4.52. The molecule has 16 heavy (non-hydrogen) atoms. The molecule has 0 fully saturated rings. The average molecular weight is 233 g/mol. The van der Waals surface area contributed by atoms with Crippen molar-refractivity contribution in [2.24, 2.45) is 0 Å². The molecule has 0 aliphatic heterocycles. The highest BCUT2D eigenvalue weighted by Crippen LogP contribution is 1.93. The highest BCUT2D eigenvalue weighted by Gasteiger charge is 2.05. The van der Waals surface area contributed by atoms with Crippen LogP contribution in [0.15, 0.2) is 0 Å². The Morgan fingerprint density at radius 1 is 1.00 bits per heavy atom. The lowest BCUT2D eigenvalue weighted by Crippen LogP contribution is -2.32. The Morgan fingerprint density at radius 3 is 2.25 bits per heavy atom. The van der Waals surface area contributed by atoms with Gasteiger partial charge in [-0.25, -0.2) is 0 Å². The van der Waals surface area contributed by atoms with Gasteiger partial charge in [0.05, 0.1) is 0 Å². The van der Waals surface area contributed by atoms with Crippen LogP contribution in [0.25, 0.3) is 0 Å². The second-order valence-corrected chi connectivity index (χ2v) is 3.51. The molecule has 0 atom stereocenters. The summed E-state index contributed by atoms with van der Waals surface area (Å²) in [5.41, 5.74) is 0. The smallest absolute Gasteiger partial charge is 0.169 e. The van der Waals surface area contributed by atoms with Gasteiger partial charge in [-0.1, -0.05) is 6.92 Å². The maximum absolute atomic E-state index is 5.41. The quantitative estimate of drug-likeness (QED) is 0.412. The second kappa shape index (κ2) is 12.9. The van der Waals surface area contributed by atoms with E-state index in [1.165, 1.54) is 0 Å². The number of hydrogen-bond acceptors (Lipinski definition) is 4. The predicted molar refractivity (Wildman–Crippen MR) is 65.6 cm³/mol. The molecule has 0 aliphatic carbocycles. The molecule has 0 bridgehead atoms. The van der Waals surface area contributed by atoms with E-state index < -0.39 is 0 Å². The largest absolute Gasteiger partial charge is 0.381 e. The molecule has 0 saturated heterocycles. The van der Waals surface area contributed by atoms with E-state index >= 15 is 0 Å². The second-order valence-electron chi connectivity index (χ2n) is 3.51. The number of nitrogens with one attached hydrogen (secondary N) is 1. The molecule has 0 aromatic carbocycles. The van der Waals surface area contributed by atoms with Crippen molar-refractivity contribution < 1.29 is 14.2 Å². The fraction of sp³-hybridized carbons (Fsp3) is 1.00. The van der Waals surface area contributed by atoms with Crippen LogP contribution in [-0.2, 0) is 14.2 Å². The summed E-state index contributed by atoms with van der Waals surface area (Å²) in [7, 11) is 0. The van der Waals surface area contributed by atoms with Crippen molar-refractivity contribution in [3.05, 3.63) is 0 Å². The zero-order chi connectivity index (χ0) is 12.1. The molecule has 0 aliphatic rings. The molecule has 0 rings (SSSR count). The van der Waals surface area contributed by atoms with Crippen molar-refractivity contribution in [2.75, 3.05) is 39.5 Å². The van der Waals surface area contributed by atoms with Crippen LogP contribution in [0.5, 0.6) is 0 Å². The van der Waals surface area contributed by atoms with Gasteiger partial charge in [0, 0.05) is 33.0 Å². The van der Waals surface area contributed by atoms with Crippen LogP contribution in [-0.4, -0.2) is 45.8 Å². The van der Waals surface area contributed by atoms with Crippen LogP contribution in [0.3, 0.4) is 0 Å². The van der Waals surface area contributed by atoms with Crippen LogP contribution in [0.1, 0.15) is 33.6 Å². The molecular weight excluding hydrogens is 206 g/mol. The van der Waals surface area contributed by atoms with Crippen molar-refractivity contribution in [2.45, 2.75) is 39.9 Å². The van der Waals surface area contributed by atoms with E-state index in [0.29, 0.717) is 13.2 Å².